The second-order valence-corrected chi connectivity index (χ2v) is 10.4. The van der Waals surface area contributed by atoms with Crippen molar-refractivity contribution in [1.29, 1.82) is 0 Å². The molecule has 0 bridgehead atoms. The predicted molar refractivity (Wildman–Crippen MR) is 209 cm³/mol. The molecule has 0 aliphatic rings. The molecule has 1 unspecified atom stereocenters. The van der Waals surface area contributed by atoms with E-state index in [1.54, 1.807) is 18.3 Å². The predicted octanol–water partition coefficient (Wildman–Crippen LogP) is 10.4. The fourth-order valence-corrected chi connectivity index (χ4v) is 4.45. The van der Waals surface area contributed by atoms with E-state index in [0.29, 0.717) is 17.9 Å². The lowest BCUT2D eigenvalue weighted by Crippen LogP contribution is -2.26. The van der Waals surface area contributed by atoms with Crippen molar-refractivity contribution in [2.45, 2.75) is 87.0 Å². The highest BCUT2D eigenvalue weighted by Crippen LogP contribution is 2.27. The number of aldehydes is 1. The van der Waals surface area contributed by atoms with Gasteiger partial charge in [0.05, 0.1) is 0 Å². The molecule has 2 heterocycles. The van der Waals surface area contributed by atoms with Crippen LogP contribution in [0, 0.1) is 32.1 Å². The van der Waals surface area contributed by atoms with Gasteiger partial charge >= 0.3 is 0 Å². The topological polar surface area (TPSA) is 61.0 Å². The Labute approximate surface area is 287 Å². The third-order valence-corrected chi connectivity index (χ3v) is 7.19. The van der Waals surface area contributed by atoms with Crippen LogP contribution in [0.15, 0.2) is 90.4 Å². The monoisotopic (exact) mass is 636 g/mol. The summed E-state index contributed by atoms with van der Waals surface area (Å²) in [4.78, 5) is 20.5. The molecule has 0 fully saturated rings. The summed E-state index contributed by atoms with van der Waals surface area (Å²) in [5.41, 5.74) is 9.02. The maximum atomic E-state index is 10.7. The van der Waals surface area contributed by atoms with Gasteiger partial charge < -0.3 is 15.2 Å². The highest BCUT2D eigenvalue weighted by atomic mass is 16.1. The number of aryl methyl sites for hydroxylation is 1. The fraction of sp³-hybridized carbons (Fsp3) is 0.381. The SMILES string of the molecule is C#C.C#CCCN(CCC)c1cc(C=O)ccn1.C=C/C(=C\c1[nH]c(C)cc1C(C)CC)C/C=C(/C=C(\C)NC)C(\C=C)=C/C.CC. The molecule has 0 aliphatic heterocycles. The summed E-state index contributed by atoms with van der Waals surface area (Å²) in [5, 5.41) is 3.19. The van der Waals surface area contributed by atoms with Crippen LogP contribution in [0.5, 0.6) is 0 Å². The van der Waals surface area contributed by atoms with Gasteiger partial charge in [-0.2, -0.15) is 0 Å². The molecule has 47 heavy (non-hydrogen) atoms. The van der Waals surface area contributed by atoms with Crippen LogP contribution >= 0.6 is 0 Å². The van der Waals surface area contributed by atoms with Gasteiger partial charge in [0.15, 0.2) is 0 Å². The van der Waals surface area contributed by atoms with Crippen molar-refractivity contribution in [3.05, 3.63) is 113 Å². The number of H-pyrrole nitrogens is 1. The zero-order chi connectivity index (χ0) is 36.2. The molecular formula is C42H60N4O. The van der Waals surface area contributed by atoms with Crippen molar-refractivity contribution >= 4 is 18.2 Å². The standard InChI is InChI=1S/C25H36N2.C13H16N2O.C2H6.C2H2/c1-9-18(5)24-16-20(7)27-25(24)17-21(10-2)13-14-23(15-19(6)26-8)22(11-3)12-4;1-3-5-9-15(8-4-2)13-10-12(11-16)6-7-14-13;2*1-2/h10-12,14-18,26-27H,2-3,9,13H2,1,4-8H3;1,6-7,10-11H,4-5,8-9H2,2H3;1-2H3;1-2H/b19-15+,21-17+,22-12-,23-14-;;;. The van der Waals surface area contributed by atoms with Crippen molar-refractivity contribution in [2.75, 3.05) is 25.0 Å². The normalized spacial score (nSPS) is 12.0. The van der Waals surface area contributed by atoms with Gasteiger partial charge in [-0.05, 0) is 98.6 Å². The average molecular weight is 637 g/mol. The van der Waals surface area contributed by atoms with Crippen LogP contribution in [0.25, 0.3) is 6.08 Å². The number of terminal acetylenes is 2. The van der Waals surface area contributed by atoms with Gasteiger partial charge in [-0.15, -0.1) is 25.2 Å². The largest absolute Gasteiger partial charge is 0.392 e. The molecule has 5 nitrogen and oxygen atoms in total. The summed E-state index contributed by atoms with van der Waals surface area (Å²) in [5.74, 6) is 3.97. The molecule has 254 valence electrons. The molecule has 2 rings (SSSR count). The summed E-state index contributed by atoms with van der Waals surface area (Å²) in [7, 11) is 1.94. The molecule has 0 aliphatic carbocycles. The number of aromatic amines is 1. The van der Waals surface area contributed by atoms with Crippen molar-refractivity contribution in [1.82, 2.24) is 15.3 Å². The lowest BCUT2D eigenvalue weighted by Gasteiger charge is -2.22. The Kier molecular flexibility index (Phi) is 26.0. The van der Waals surface area contributed by atoms with E-state index in [4.69, 9.17) is 6.42 Å². The highest BCUT2D eigenvalue weighted by Gasteiger charge is 2.11. The highest BCUT2D eigenvalue weighted by molar-refractivity contribution is 5.76. The Balaban J connectivity index is 0. The lowest BCUT2D eigenvalue weighted by molar-refractivity contribution is 0.112. The number of carbonyl (C=O) groups excluding carboxylic acids is 1. The number of carbonyl (C=O) groups is 1. The first-order valence-electron chi connectivity index (χ1n) is 16.5. The summed E-state index contributed by atoms with van der Waals surface area (Å²) < 4.78 is 0. The molecular weight excluding hydrogens is 576 g/mol. The van der Waals surface area contributed by atoms with E-state index in [0.717, 1.165) is 61.3 Å². The van der Waals surface area contributed by atoms with E-state index in [-0.39, 0.29) is 0 Å². The molecule has 0 saturated heterocycles. The van der Waals surface area contributed by atoms with Crippen LogP contribution in [-0.2, 0) is 0 Å². The maximum Gasteiger partial charge on any atom is 0.150 e. The van der Waals surface area contributed by atoms with E-state index in [1.165, 1.54) is 22.5 Å². The molecule has 2 N–H and O–H groups in total. The third kappa shape index (κ3) is 16.9. The van der Waals surface area contributed by atoms with Gasteiger partial charge in [0, 0.05) is 55.4 Å². The average Bonchev–Trinajstić information content (AvgIpc) is 3.49. The van der Waals surface area contributed by atoms with Crippen molar-refractivity contribution in [2.24, 2.45) is 0 Å². The van der Waals surface area contributed by atoms with Gasteiger partial charge in [-0.3, -0.25) is 4.79 Å². The number of rotatable bonds is 16. The molecule has 0 spiro atoms. The molecule has 0 radical (unpaired) electrons. The first-order chi connectivity index (χ1) is 22.7. The Morgan fingerprint density at radius 3 is 2.34 bits per heavy atom. The Bertz CT molecular complexity index is 1390. The van der Waals surface area contributed by atoms with Crippen LogP contribution in [0.4, 0.5) is 5.82 Å². The third-order valence-electron chi connectivity index (χ3n) is 7.19. The molecule has 2 aromatic rings. The van der Waals surface area contributed by atoms with Crippen LogP contribution in [0.3, 0.4) is 0 Å². The fourth-order valence-electron chi connectivity index (χ4n) is 4.45. The Morgan fingerprint density at radius 2 is 1.83 bits per heavy atom. The van der Waals surface area contributed by atoms with E-state index in [9.17, 15) is 4.79 Å². The zero-order valence-electron chi connectivity index (χ0n) is 30.6. The zero-order valence-corrected chi connectivity index (χ0v) is 30.6. The van der Waals surface area contributed by atoms with Crippen LogP contribution < -0.4 is 10.2 Å². The van der Waals surface area contributed by atoms with Gasteiger partial charge in [0.1, 0.15) is 12.1 Å². The molecule has 1 atom stereocenters. The second-order valence-electron chi connectivity index (χ2n) is 10.4. The lowest BCUT2D eigenvalue weighted by atomic mass is 9.96. The number of anilines is 1. The smallest absolute Gasteiger partial charge is 0.150 e. The first-order valence-corrected chi connectivity index (χ1v) is 16.5. The van der Waals surface area contributed by atoms with Crippen molar-refractivity contribution < 1.29 is 4.79 Å². The molecule has 0 saturated carbocycles. The minimum Gasteiger partial charge on any atom is -0.392 e. The first kappa shape index (κ1) is 44.4. The van der Waals surface area contributed by atoms with Crippen molar-refractivity contribution in [3.63, 3.8) is 0 Å². The minimum absolute atomic E-state index is 0.537. The van der Waals surface area contributed by atoms with Crippen LogP contribution in [-0.4, -0.2) is 36.4 Å². The summed E-state index contributed by atoms with van der Waals surface area (Å²) >= 11 is 0. The maximum absolute atomic E-state index is 10.7. The van der Waals surface area contributed by atoms with E-state index in [1.807, 2.05) is 40.0 Å². The van der Waals surface area contributed by atoms with Gasteiger partial charge in [0.25, 0.3) is 0 Å². The molecule has 2 aromatic heterocycles. The molecule has 0 amide bonds. The summed E-state index contributed by atoms with van der Waals surface area (Å²) in [6.07, 6.45) is 32.0. The van der Waals surface area contributed by atoms with Gasteiger partial charge in [0.2, 0.25) is 0 Å². The van der Waals surface area contributed by atoms with Gasteiger partial charge in [-0.25, -0.2) is 4.98 Å². The Hall–Kier alpha value is -4.74. The Morgan fingerprint density at radius 1 is 1.15 bits per heavy atom. The summed E-state index contributed by atoms with van der Waals surface area (Å²) in [6.45, 7) is 26.5. The number of pyridine rings is 1. The summed E-state index contributed by atoms with van der Waals surface area (Å²) in [6, 6.07) is 5.75. The number of aromatic nitrogens is 2. The number of nitrogens with zero attached hydrogens (tertiary/aromatic N) is 2. The number of hydrogen-bond donors (Lipinski definition) is 2. The number of nitrogens with one attached hydrogen (secondary N) is 2. The van der Waals surface area contributed by atoms with Gasteiger partial charge in [-0.1, -0.05) is 72.1 Å². The molecule has 0 aromatic carbocycles. The molecule has 5 heteroatoms. The number of allylic oxidation sites excluding steroid dienone is 9. The quantitative estimate of drug-likeness (QED) is 0.109. The van der Waals surface area contributed by atoms with E-state index >= 15 is 0 Å². The van der Waals surface area contributed by atoms with E-state index in [2.05, 4.69) is 117 Å². The number of hydrogen-bond acceptors (Lipinski definition) is 4. The second kappa shape index (κ2) is 27.6. The van der Waals surface area contributed by atoms with Crippen LogP contribution in [0.2, 0.25) is 0 Å². The minimum atomic E-state index is 0.537. The van der Waals surface area contributed by atoms with E-state index < -0.39 is 0 Å². The van der Waals surface area contributed by atoms with Crippen LogP contribution in [0.1, 0.15) is 107 Å². The van der Waals surface area contributed by atoms with Crippen molar-refractivity contribution in [3.8, 4) is 25.2 Å².